The predicted octanol–water partition coefficient (Wildman–Crippen LogP) is 1.47. The summed E-state index contributed by atoms with van der Waals surface area (Å²) in [6.07, 6.45) is 3.00. The zero-order valence-electron chi connectivity index (χ0n) is 13.9. The number of urea groups is 1. The van der Waals surface area contributed by atoms with Crippen LogP contribution in [0, 0.1) is 6.92 Å². The van der Waals surface area contributed by atoms with Gasteiger partial charge in [0, 0.05) is 24.9 Å². The molecule has 0 unspecified atom stereocenters. The van der Waals surface area contributed by atoms with Crippen LogP contribution in [-0.4, -0.2) is 42.4 Å². The molecule has 1 aliphatic carbocycles. The van der Waals surface area contributed by atoms with Gasteiger partial charge in [-0.15, -0.1) is 0 Å². The molecular weight excluding hydrogens is 306 g/mol. The van der Waals surface area contributed by atoms with Gasteiger partial charge in [-0.25, -0.2) is 4.79 Å². The predicted molar refractivity (Wildman–Crippen MR) is 89.4 cm³/mol. The van der Waals surface area contributed by atoms with Crippen LogP contribution >= 0.6 is 0 Å². The van der Waals surface area contributed by atoms with Crippen molar-refractivity contribution in [3.05, 3.63) is 35.4 Å². The number of amides is 4. The molecule has 2 N–H and O–H groups in total. The number of aryl methyl sites for hydroxylation is 1. The van der Waals surface area contributed by atoms with Gasteiger partial charge in [-0.1, -0.05) is 24.3 Å². The minimum Gasteiger partial charge on any atom is -0.355 e. The summed E-state index contributed by atoms with van der Waals surface area (Å²) < 4.78 is 0. The summed E-state index contributed by atoms with van der Waals surface area (Å²) in [6, 6.07) is 7.96. The van der Waals surface area contributed by atoms with E-state index in [1.165, 1.54) is 16.0 Å². The number of hydrogen-bond donors (Lipinski definition) is 2. The van der Waals surface area contributed by atoms with E-state index in [-0.39, 0.29) is 29.8 Å². The van der Waals surface area contributed by atoms with Gasteiger partial charge in [0.2, 0.25) is 11.8 Å². The van der Waals surface area contributed by atoms with E-state index in [1.54, 1.807) is 0 Å². The number of carbonyl (C=O) groups excluding carboxylic acids is 3. The van der Waals surface area contributed by atoms with Gasteiger partial charge in [0.15, 0.2) is 0 Å². The minimum atomic E-state index is -0.364. The number of rotatable bonds is 7. The zero-order valence-corrected chi connectivity index (χ0v) is 13.9. The van der Waals surface area contributed by atoms with Crippen LogP contribution in [0.5, 0.6) is 0 Å². The molecule has 1 aromatic rings. The maximum absolute atomic E-state index is 12.1. The summed E-state index contributed by atoms with van der Waals surface area (Å²) in [5, 5.41) is 5.49. The molecule has 1 heterocycles. The lowest BCUT2D eigenvalue weighted by molar-refractivity contribution is -0.126. The van der Waals surface area contributed by atoms with Crippen molar-refractivity contribution in [2.24, 2.45) is 0 Å². The van der Waals surface area contributed by atoms with E-state index in [1.807, 2.05) is 12.1 Å². The van der Waals surface area contributed by atoms with Gasteiger partial charge in [0.25, 0.3) is 0 Å². The number of benzene rings is 1. The SMILES string of the molecule is Cc1ccccc1C1(CNC(=O)CCCN2C(=O)CNC2=O)CC1. The molecule has 2 aliphatic rings. The Hall–Kier alpha value is -2.37. The number of imide groups is 1. The second kappa shape index (κ2) is 6.63. The van der Waals surface area contributed by atoms with Crippen molar-refractivity contribution in [2.75, 3.05) is 19.6 Å². The Morgan fingerprint density at radius 1 is 1.29 bits per heavy atom. The van der Waals surface area contributed by atoms with Crippen molar-refractivity contribution >= 4 is 17.8 Å². The normalized spacial score (nSPS) is 18.5. The average molecular weight is 329 g/mol. The maximum atomic E-state index is 12.1. The number of nitrogens with one attached hydrogen (secondary N) is 2. The summed E-state index contributed by atoms with van der Waals surface area (Å²) in [5.41, 5.74) is 2.68. The molecule has 2 fully saturated rings. The Bertz CT molecular complexity index is 651. The van der Waals surface area contributed by atoms with E-state index in [0.29, 0.717) is 25.9 Å². The van der Waals surface area contributed by atoms with Gasteiger partial charge in [-0.05, 0) is 37.3 Å². The largest absolute Gasteiger partial charge is 0.355 e. The number of hydrogen-bond acceptors (Lipinski definition) is 3. The van der Waals surface area contributed by atoms with E-state index in [4.69, 9.17) is 0 Å². The summed E-state index contributed by atoms with van der Waals surface area (Å²) in [6.45, 7) is 3.11. The molecule has 6 nitrogen and oxygen atoms in total. The van der Waals surface area contributed by atoms with Crippen molar-refractivity contribution in [2.45, 2.75) is 38.0 Å². The van der Waals surface area contributed by atoms with Crippen LogP contribution in [0.25, 0.3) is 0 Å². The van der Waals surface area contributed by atoms with Gasteiger partial charge in [-0.2, -0.15) is 0 Å². The van der Waals surface area contributed by atoms with E-state index >= 15 is 0 Å². The summed E-state index contributed by atoms with van der Waals surface area (Å²) in [5.74, 6) is -0.251. The molecule has 0 spiro atoms. The highest BCUT2D eigenvalue weighted by molar-refractivity contribution is 6.01. The minimum absolute atomic E-state index is 0.0260. The van der Waals surface area contributed by atoms with Crippen LogP contribution in [0.3, 0.4) is 0 Å². The molecule has 1 saturated heterocycles. The summed E-state index contributed by atoms with van der Waals surface area (Å²) >= 11 is 0. The molecule has 3 rings (SSSR count). The Balaban J connectivity index is 1.44. The molecule has 24 heavy (non-hydrogen) atoms. The van der Waals surface area contributed by atoms with Gasteiger partial charge in [-0.3, -0.25) is 14.5 Å². The van der Waals surface area contributed by atoms with Crippen molar-refractivity contribution in [1.82, 2.24) is 15.5 Å². The summed E-state index contributed by atoms with van der Waals surface area (Å²) in [7, 11) is 0. The van der Waals surface area contributed by atoms with Gasteiger partial charge < -0.3 is 10.6 Å². The lowest BCUT2D eigenvalue weighted by atomic mass is 9.92. The Morgan fingerprint density at radius 3 is 2.67 bits per heavy atom. The third-order valence-corrected chi connectivity index (χ3v) is 4.92. The van der Waals surface area contributed by atoms with E-state index in [2.05, 4.69) is 29.7 Å². The van der Waals surface area contributed by atoms with Crippen LogP contribution < -0.4 is 10.6 Å². The maximum Gasteiger partial charge on any atom is 0.324 e. The van der Waals surface area contributed by atoms with E-state index in [0.717, 1.165) is 12.8 Å². The lowest BCUT2D eigenvalue weighted by Gasteiger charge is -2.19. The molecule has 1 saturated carbocycles. The molecule has 0 radical (unpaired) electrons. The fourth-order valence-electron chi connectivity index (χ4n) is 3.30. The third kappa shape index (κ3) is 3.42. The van der Waals surface area contributed by atoms with Crippen LogP contribution in [0.1, 0.15) is 36.8 Å². The molecule has 0 atom stereocenters. The van der Waals surface area contributed by atoms with Crippen LogP contribution in [0.4, 0.5) is 4.79 Å². The van der Waals surface area contributed by atoms with Crippen molar-refractivity contribution < 1.29 is 14.4 Å². The van der Waals surface area contributed by atoms with Crippen LogP contribution in [0.15, 0.2) is 24.3 Å². The second-order valence-electron chi connectivity index (χ2n) is 6.68. The molecule has 1 aliphatic heterocycles. The van der Waals surface area contributed by atoms with Crippen LogP contribution in [0.2, 0.25) is 0 Å². The molecule has 0 bridgehead atoms. The molecule has 4 amide bonds. The molecule has 1 aromatic carbocycles. The van der Waals surface area contributed by atoms with Gasteiger partial charge >= 0.3 is 6.03 Å². The fourth-order valence-corrected chi connectivity index (χ4v) is 3.30. The Kier molecular flexibility index (Phi) is 4.55. The van der Waals surface area contributed by atoms with Crippen molar-refractivity contribution in [3.63, 3.8) is 0 Å². The first-order chi connectivity index (χ1) is 11.5. The standard InChI is InChI=1S/C18H23N3O3/c1-13-5-2-3-6-14(13)18(8-9-18)12-20-15(22)7-4-10-21-16(23)11-19-17(21)24/h2-3,5-6H,4,7-12H2,1H3,(H,19,24)(H,20,22). The molecular formula is C18H23N3O3. The fraction of sp³-hybridized carbons (Fsp3) is 0.500. The zero-order chi connectivity index (χ0) is 17.2. The van der Waals surface area contributed by atoms with E-state index < -0.39 is 0 Å². The first kappa shape index (κ1) is 16.5. The molecule has 0 aromatic heterocycles. The highest BCUT2D eigenvalue weighted by Crippen LogP contribution is 2.48. The topological polar surface area (TPSA) is 78.5 Å². The second-order valence-corrected chi connectivity index (χ2v) is 6.68. The smallest absolute Gasteiger partial charge is 0.324 e. The third-order valence-electron chi connectivity index (χ3n) is 4.92. The Morgan fingerprint density at radius 2 is 2.04 bits per heavy atom. The van der Waals surface area contributed by atoms with Gasteiger partial charge in [0.05, 0.1) is 6.54 Å². The van der Waals surface area contributed by atoms with Crippen molar-refractivity contribution in [3.8, 4) is 0 Å². The van der Waals surface area contributed by atoms with Gasteiger partial charge in [0.1, 0.15) is 0 Å². The van der Waals surface area contributed by atoms with Crippen LogP contribution in [-0.2, 0) is 15.0 Å². The first-order valence-corrected chi connectivity index (χ1v) is 8.43. The first-order valence-electron chi connectivity index (χ1n) is 8.43. The monoisotopic (exact) mass is 329 g/mol. The lowest BCUT2D eigenvalue weighted by Crippen LogP contribution is -2.34. The molecule has 128 valence electrons. The number of carbonyl (C=O) groups is 3. The summed E-state index contributed by atoms with van der Waals surface area (Å²) in [4.78, 5) is 36.1. The highest BCUT2D eigenvalue weighted by Gasteiger charge is 2.45. The molecule has 6 heteroatoms. The average Bonchev–Trinajstić information content (AvgIpc) is 3.29. The quantitative estimate of drug-likeness (QED) is 0.744. The highest BCUT2D eigenvalue weighted by atomic mass is 16.2. The Labute approximate surface area is 141 Å². The van der Waals surface area contributed by atoms with Crippen molar-refractivity contribution in [1.29, 1.82) is 0 Å². The number of nitrogens with zero attached hydrogens (tertiary/aromatic N) is 1. The van der Waals surface area contributed by atoms with E-state index in [9.17, 15) is 14.4 Å².